The van der Waals surface area contributed by atoms with Crippen molar-refractivity contribution in [3.05, 3.63) is 59.7 Å². The molecular weight excluding hydrogens is 377 g/mol. The molecule has 0 aliphatic carbocycles. The quantitative estimate of drug-likeness (QED) is 0.760. The van der Waals surface area contributed by atoms with Crippen LogP contribution < -0.4 is 10.1 Å². The Balaban J connectivity index is 1.84. The highest BCUT2D eigenvalue weighted by molar-refractivity contribution is 5.93. The Hall–Kier alpha value is -3.54. The molecule has 9 heteroatoms. The monoisotopic (exact) mass is 392 g/mol. The van der Waals surface area contributed by atoms with Crippen LogP contribution in [0.1, 0.15) is 18.1 Å². The molecule has 0 bridgehead atoms. The molecule has 6 nitrogen and oxygen atoms in total. The zero-order chi connectivity index (χ0) is 20.7. The molecule has 0 unspecified atom stereocenters. The average molecular weight is 392 g/mol. The van der Waals surface area contributed by atoms with Gasteiger partial charge in [0.05, 0.1) is 17.2 Å². The van der Waals surface area contributed by atoms with Crippen molar-refractivity contribution in [3.8, 4) is 11.8 Å². The third-order valence-corrected chi connectivity index (χ3v) is 3.45. The number of ether oxygens (including phenoxy) is 2. The molecule has 1 N–H and O–H groups in total. The van der Waals surface area contributed by atoms with E-state index in [1.54, 1.807) is 0 Å². The lowest BCUT2D eigenvalue weighted by molar-refractivity contribution is -0.153. The van der Waals surface area contributed by atoms with E-state index in [0.29, 0.717) is 11.3 Å². The Morgan fingerprint density at radius 3 is 2.46 bits per heavy atom. The molecule has 2 rings (SSSR count). The van der Waals surface area contributed by atoms with E-state index in [0.717, 1.165) is 18.2 Å². The number of esters is 1. The summed E-state index contributed by atoms with van der Waals surface area (Å²) < 4.78 is 48.1. The molecule has 0 aliphatic heterocycles. The van der Waals surface area contributed by atoms with Crippen LogP contribution in [0.4, 0.5) is 18.9 Å². The third-order valence-electron chi connectivity index (χ3n) is 3.45. The standard InChI is InChI=1S/C19H15F3N2O4/c1-12(28-16-7-5-13(10-23)6-8-16)18(26)27-11-17(25)24-15-4-2-3-14(9-15)19(20,21)22/h2-9,12H,11H2,1H3,(H,24,25)/t12-/m1/s1. The highest BCUT2D eigenvalue weighted by Gasteiger charge is 2.30. The number of nitrogens with one attached hydrogen (secondary N) is 1. The fraction of sp³-hybridized carbons (Fsp3) is 0.211. The number of nitriles is 1. The van der Waals surface area contributed by atoms with Gasteiger partial charge in [-0.25, -0.2) is 4.79 Å². The van der Waals surface area contributed by atoms with Gasteiger partial charge in [0.25, 0.3) is 5.91 Å². The fourth-order valence-electron chi connectivity index (χ4n) is 2.08. The van der Waals surface area contributed by atoms with E-state index in [2.05, 4.69) is 5.32 Å². The first-order chi connectivity index (χ1) is 13.2. The zero-order valence-corrected chi connectivity index (χ0v) is 14.6. The van der Waals surface area contributed by atoms with Crippen LogP contribution >= 0.6 is 0 Å². The number of halogens is 3. The minimum Gasteiger partial charge on any atom is -0.479 e. The highest BCUT2D eigenvalue weighted by Crippen LogP contribution is 2.30. The van der Waals surface area contributed by atoms with Gasteiger partial charge < -0.3 is 14.8 Å². The molecule has 1 amide bonds. The van der Waals surface area contributed by atoms with E-state index < -0.39 is 36.3 Å². The maximum Gasteiger partial charge on any atom is 0.416 e. The summed E-state index contributed by atoms with van der Waals surface area (Å²) in [6.07, 6.45) is -5.57. The van der Waals surface area contributed by atoms with Crippen molar-refractivity contribution in [2.45, 2.75) is 19.2 Å². The molecule has 0 saturated heterocycles. The molecule has 2 aromatic carbocycles. The van der Waals surface area contributed by atoms with Crippen LogP contribution in [-0.4, -0.2) is 24.6 Å². The van der Waals surface area contributed by atoms with Gasteiger partial charge in [-0.2, -0.15) is 18.4 Å². The summed E-state index contributed by atoms with van der Waals surface area (Å²) in [7, 11) is 0. The summed E-state index contributed by atoms with van der Waals surface area (Å²) in [6, 6.07) is 12.0. The number of nitrogens with zero attached hydrogens (tertiary/aromatic N) is 1. The smallest absolute Gasteiger partial charge is 0.416 e. The van der Waals surface area contributed by atoms with Gasteiger partial charge in [-0.1, -0.05) is 6.07 Å². The number of rotatable bonds is 6. The first-order valence-electron chi connectivity index (χ1n) is 7.99. The van der Waals surface area contributed by atoms with E-state index >= 15 is 0 Å². The molecule has 0 saturated carbocycles. The third kappa shape index (κ3) is 6.02. The fourth-order valence-corrected chi connectivity index (χ4v) is 2.08. The number of hydrogen-bond donors (Lipinski definition) is 1. The van der Waals surface area contributed by atoms with Crippen molar-refractivity contribution < 1.29 is 32.2 Å². The first-order valence-corrected chi connectivity index (χ1v) is 7.99. The van der Waals surface area contributed by atoms with Gasteiger partial charge in [-0.3, -0.25) is 4.79 Å². The lowest BCUT2D eigenvalue weighted by Gasteiger charge is -2.14. The maximum absolute atomic E-state index is 12.7. The van der Waals surface area contributed by atoms with Crippen molar-refractivity contribution in [3.63, 3.8) is 0 Å². The molecule has 0 fully saturated rings. The molecule has 0 spiro atoms. The van der Waals surface area contributed by atoms with E-state index in [4.69, 9.17) is 14.7 Å². The van der Waals surface area contributed by atoms with Crippen LogP contribution in [0.15, 0.2) is 48.5 Å². The van der Waals surface area contributed by atoms with Gasteiger partial charge >= 0.3 is 12.1 Å². The van der Waals surface area contributed by atoms with E-state index in [9.17, 15) is 22.8 Å². The van der Waals surface area contributed by atoms with E-state index in [-0.39, 0.29) is 5.69 Å². The van der Waals surface area contributed by atoms with Crippen molar-refractivity contribution in [1.82, 2.24) is 0 Å². The second kappa shape index (κ2) is 8.90. The SMILES string of the molecule is C[C@@H](Oc1ccc(C#N)cc1)C(=O)OCC(=O)Nc1cccc(C(F)(F)F)c1. The zero-order valence-electron chi connectivity index (χ0n) is 14.6. The summed E-state index contributed by atoms with van der Waals surface area (Å²) >= 11 is 0. The van der Waals surface area contributed by atoms with Crippen molar-refractivity contribution >= 4 is 17.6 Å². The van der Waals surface area contributed by atoms with Crippen molar-refractivity contribution in [2.75, 3.05) is 11.9 Å². The van der Waals surface area contributed by atoms with E-state index in [1.807, 2.05) is 6.07 Å². The Morgan fingerprint density at radius 2 is 1.86 bits per heavy atom. The Morgan fingerprint density at radius 1 is 1.18 bits per heavy atom. The second-order valence-corrected chi connectivity index (χ2v) is 5.63. The number of amides is 1. The Bertz CT molecular complexity index is 889. The van der Waals surface area contributed by atoms with E-state index in [1.165, 1.54) is 37.3 Å². The van der Waals surface area contributed by atoms with Gasteiger partial charge in [-0.05, 0) is 49.4 Å². The van der Waals surface area contributed by atoms with Gasteiger partial charge in [0.15, 0.2) is 12.7 Å². The normalized spacial score (nSPS) is 11.8. The number of benzene rings is 2. The number of hydrogen-bond acceptors (Lipinski definition) is 5. The maximum atomic E-state index is 12.7. The van der Waals surface area contributed by atoms with Crippen LogP contribution in [0.3, 0.4) is 0 Å². The Labute approximate surface area is 158 Å². The number of alkyl halides is 3. The summed E-state index contributed by atoms with van der Waals surface area (Å²) in [5.74, 6) is -1.29. The van der Waals surface area contributed by atoms with Crippen LogP contribution in [0.2, 0.25) is 0 Å². The molecule has 2 aromatic rings. The van der Waals surface area contributed by atoms with Gasteiger partial charge in [-0.15, -0.1) is 0 Å². The molecular formula is C19H15F3N2O4. The molecule has 0 aliphatic rings. The lowest BCUT2D eigenvalue weighted by atomic mass is 10.2. The minimum atomic E-state index is -4.54. The Kier molecular flexibility index (Phi) is 6.60. The molecule has 28 heavy (non-hydrogen) atoms. The summed E-state index contributed by atoms with van der Waals surface area (Å²) in [4.78, 5) is 23.7. The highest BCUT2D eigenvalue weighted by atomic mass is 19.4. The van der Waals surface area contributed by atoms with Crippen LogP contribution in [0.5, 0.6) is 5.75 Å². The molecule has 146 valence electrons. The number of anilines is 1. The average Bonchev–Trinajstić information content (AvgIpc) is 2.66. The molecule has 0 aromatic heterocycles. The van der Waals surface area contributed by atoms with Crippen molar-refractivity contribution in [2.24, 2.45) is 0 Å². The van der Waals surface area contributed by atoms with Gasteiger partial charge in [0.1, 0.15) is 5.75 Å². The first kappa shape index (κ1) is 20.8. The molecule has 0 heterocycles. The van der Waals surface area contributed by atoms with Crippen molar-refractivity contribution in [1.29, 1.82) is 5.26 Å². The molecule has 0 radical (unpaired) electrons. The van der Waals surface area contributed by atoms with Crippen LogP contribution in [0, 0.1) is 11.3 Å². The summed E-state index contributed by atoms with van der Waals surface area (Å²) in [5, 5.41) is 10.9. The largest absolute Gasteiger partial charge is 0.479 e. The molecule has 1 atom stereocenters. The predicted molar refractivity (Wildman–Crippen MR) is 92.3 cm³/mol. The lowest BCUT2D eigenvalue weighted by Crippen LogP contribution is -2.29. The van der Waals surface area contributed by atoms with Crippen LogP contribution in [-0.2, 0) is 20.5 Å². The minimum absolute atomic E-state index is 0.0715. The van der Waals surface area contributed by atoms with Gasteiger partial charge in [0, 0.05) is 5.69 Å². The summed E-state index contributed by atoms with van der Waals surface area (Å²) in [6.45, 7) is 0.724. The van der Waals surface area contributed by atoms with Gasteiger partial charge in [0.2, 0.25) is 0 Å². The van der Waals surface area contributed by atoms with Crippen LogP contribution in [0.25, 0.3) is 0 Å². The summed E-state index contributed by atoms with van der Waals surface area (Å²) in [5.41, 5.74) is -0.557. The predicted octanol–water partition coefficient (Wildman–Crippen LogP) is 3.53. The number of carbonyl (C=O) groups is 2. The number of carbonyl (C=O) groups excluding carboxylic acids is 2. The second-order valence-electron chi connectivity index (χ2n) is 5.63. The topological polar surface area (TPSA) is 88.4 Å².